The van der Waals surface area contributed by atoms with Crippen LogP contribution in [0.5, 0.6) is 5.75 Å². The van der Waals surface area contributed by atoms with Gasteiger partial charge in [-0.3, -0.25) is 14.4 Å². The van der Waals surface area contributed by atoms with Crippen molar-refractivity contribution in [1.29, 1.82) is 0 Å². The first kappa shape index (κ1) is 25.4. The second-order valence-electron chi connectivity index (χ2n) is 8.85. The maximum atomic E-state index is 13.3. The third-order valence-corrected chi connectivity index (χ3v) is 7.28. The summed E-state index contributed by atoms with van der Waals surface area (Å²) in [5.74, 6) is 1.14. The Bertz CT molecular complexity index is 803. The summed E-state index contributed by atoms with van der Waals surface area (Å²) in [6.07, 6.45) is 8.52. The highest BCUT2D eigenvalue weighted by Gasteiger charge is 2.33. The number of thioether (sulfide) groups is 1. The first-order valence-electron chi connectivity index (χ1n) is 12.1. The minimum atomic E-state index is -0.590. The Balaban J connectivity index is 1.59. The van der Waals surface area contributed by atoms with Crippen LogP contribution in [0, 0.1) is 5.92 Å². The van der Waals surface area contributed by atoms with Gasteiger partial charge in [0, 0.05) is 32.1 Å². The number of hydrogen-bond donors (Lipinski definition) is 1. The molecule has 8 heteroatoms. The molecular formula is C25H37N3O4S. The molecule has 2 aliphatic rings. The predicted octanol–water partition coefficient (Wildman–Crippen LogP) is 3.19. The fourth-order valence-corrected chi connectivity index (χ4v) is 5.15. The monoisotopic (exact) mass is 475 g/mol. The summed E-state index contributed by atoms with van der Waals surface area (Å²) in [5.41, 5.74) is 0.420. The Hall–Kier alpha value is -2.22. The molecule has 0 saturated carbocycles. The van der Waals surface area contributed by atoms with Gasteiger partial charge in [0.2, 0.25) is 11.8 Å². The van der Waals surface area contributed by atoms with Gasteiger partial charge >= 0.3 is 0 Å². The Morgan fingerprint density at radius 2 is 1.70 bits per heavy atom. The van der Waals surface area contributed by atoms with Crippen LogP contribution >= 0.6 is 11.8 Å². The number of hydrogen-bond acceptors (Lipinski definition) is 5. The zero-order chi connectivity index (χ0) is 23.6. The highest BCUT2D eigenvalue weighted by molar-refractivity contribution is 7.98. The summed E-state index contributed by atoms with van der Waals surface area (Å²) < 4.78 is 5.30. The third kappa shape index (κ3) is 6.88. The lowest BCUT2D eigenvalue weighted by atomic mass is 9.94. The molecule has 182 valence electrons. The molecule has 2 fully saturated rings. The molecule has 1 aromatic carbocycles. The maximum Gasteiger partial charge on any atom is 0.255 e. The van der Waals surface area contributed by atoms with Crippen molar-refractivity contribution in [3.05, 3.63) is 29.8 Å². The van der Waals surface area contributed by atoms with Crippen molar-refractivity contribution in [2.45, 2.75) is 51.0 Å². The first-order chi connectivity index (χ1) is 16.0. The number of nitrogens with zero attached hydrogens (tertiary/aromatic N) is 2. The molecule has 1 unspecified atom stereocenters. The van der Waals surface area contributed by atoms with Gasteiger partial charge in [-0.15, -0.1) is 0 Å². The number of carbonyl (C=O) groups is 3. The quantitative estimate of drug-likeness (QED) is 0.625. The minimum absolute atomic E-state index is 0.0000293. The highest BCUT2D eigenvalue weighted by Crippen LogP contribution is 2.23. The van der Waals surface area contributed by atoms with Crippen LogP contribution in [0.2, 0.25) is 0 Å². The van der Waals surface area contributed by atoms with Crippen molar-refractivity contribution >= 4 is 29.5 Å². The molecule has 0 bridgehead atoms. The van der Waals surface area contributed by atoms with Crippen LogP contribution in [-0.4, -0.2) is 78.9 Å². The van der Waals surface area contributed by atoms with Crippen LogP contribution < -0.4 is 10.1 Å². The lowest BCUT2D eigenvalue weighted by Gasteiger charge is -2.35. The molecule has 1 aromatic rings. The minimum Gasteiger partial charge on any atom is -0.496 e. The summed E-state index contributed by atoms with van der Waals surface area (Å²) in [4.78, 5) is 43.1. The van der Waals surface area contributed by atoms with E-state index in [-0.39, 0.29) is 23.6 Å². The molecule has 3 amide bonds. The maximum absolute atomic E-state index is 13.3. The molecule has 1 atom stereocenters. The molecular weight excluding hydrogens is 438 g/mol. The molecule has 2 saturated heterocycles. The first-order valence-corrected chi connectivity index (χ1v) is 13.4. The van der Waals surface area contributed by atoms with Gasteiger partial charge in [0.05, 0.1) is 12.7 Å². The van der Waals surface area contributed by atoms with Crippen LogP contribution in [0.15, 0.2) is 24.3 Å². The topological polar surface area (TPSA) is 79.0 Å². The number of benzene rings is 1. The molecule has 1 N–H and O–H groups in total. The standard InChI is InChI=1S/C25H37N3O4S/c1-32-22-10-6-5-9-20(22)23(29)26-21(13-18-33-2)25(31)28-16-11-19(12-17-28)24(30)27-14-7-3-4-8-15-27/h5-6,9-10,19,21H,3-4,7-8,11-18H2,1-2H3,(H,26,29). The van der Waals surface area contributed by atoms with E-state index in [9.17, 15) is 14.4 Å². The van der Waals surface area contributed by atoms with Gasteiger partial charge in [0.15, 0.2) is 0 Å². The van der Waals surface area contributed by atoms with Crippen LogP contribution in [0.4, 0.5) is 0 Å². The molecule has 0 radical (unpaired) electrons. The Morgan fingerprint density at radius 1 is 1.03 bits per heavy atom. The van der Waals surface area contributed by atoms with Gasteiger partial charge in [-0.05, 0) is 56.2 Å². The summed E-state index contributed by atoms with van der Waals surface area (Å²) in [6.45, 7) is 2.85. The fraction of sp³-hybridized carbons (Fsp3) is 0.640. The van der Waals surface area contributed by atoms with Crippen LogP contribution in [-0.2, 0) is 9.59 Å². The van der Waals surface area contributed by atoms with Crippen LogP contribution in [0.25, 0.3) is 0 Å². The lowest BCUT2D eigenvalue weighted by molar-refractivity contribution is -0.141. The van der Waals surface area contributed by atoms with Gasteiger partial charge in [0.25, 0.3) is 5.91 Å². The SMILES string of the molecule is COc1ccccc1C(=O)NC(CCSC)C(=O)N1CCC(C(=O)N2CCCCCC2)CC1. The predicted molar refractivity (Wildman–Crippen MR) is 132 cm³/mol. The number of piperidine rings is 1. The highest BCUT2D eigenvalue weighted by atomic mass is 32.2. The number of para-hydroxylation sites is 1. The molecule has 0 aromatic heterocycles. The fourth-order valence-electron chi connectivity index (χ4n) is 4.68. The van der Waals surface area contributed by atoms with E-state index < -0.39 is 6.04 Å². The van der Waals surface area contributed by atoms with E-state index in [2.05, 4.69) is 5.32 Å². The average Bonchev–Trinajstić information content (AvgIpc) is 3.15. The van der Waals surface area contributed by atoms with Gasteiger partial charge in [-0.25, -0.2) is 0 Å². The summed E-state index contributed by atoms with van der Waals surface area (Å²) in [7, 11) is 1.53. The molecule has 33 heavy (non-hydrogen) atoms. The van der Waals surface area contributed by atoms with Gasteiger partial charge in [-0.1, -0.05) is 25.0 Å². The normalized spacial score (nSPS) is 18.4. The third-order valence-electron chi connectivity index (χ3n) is 6.64. The van der Waals surface area contributed by atoms with E-state index in [0.29, 0.717) is 43.7 Å². The van der Waals surface area contributed by atoms with E-state index >= 15 is 0 Å². The zero-order valence-electron chi connectivity index (χ0n) is 19.9. The van der Waals surface area contributed by atoms with Crippen LogP contribution in [0.3, 0.4) is 0 Å². The summed E-state index contributed by atoms with van der Waals surface area (Å²) in [5, 5.41) is 2.93. The summed E-state index contributed by atoms with van der Waals surface area (Å²) >= 11 is 1.65. The number of ether oxygens (including phenoxy) is 1. The average molecular weight is 476 g/mol. The lowest BCUT2D eigenvalue weighted by Crippen LogP contribution is -2.52. The van der Waals surface area contributed by atoms with E-state index in [1.807, 2.05) is 22.1 Å². The van der Waals surface area contributed by atoms with E-state index in [1.165, 1.54) is 20.0 Å². The number of amides is 3. The Labute approximate surface area is 201 Å². The molecule has 7 nitrogen and oxygen atoms in total. The number of methoxy groups -OCH3 is 1. The molecule has 2 heterocycles. The van der Waals surface area contributed by atoms with Gasteiger partial charge in [-0.2, -0.15) is 11.8 Å². The van der Waals surface area contributed by atoms with E-state index in [4.69, 9.17) is 4.74 Å². The van der Waals surface area contributed by atoms with Crippen molar-refractivity contribution in [3.63, 3.8) is 0 Å². The number of carbonyl (C=O) groups excluding carboxylic acids is 3. The molecule has 0 aliphatic carbocycles. The van der Waals surface area contributed by atoms with E-state index in [1.54, 1.807) is 30.0 Å². The largest absolute Gasteiger partial charge is 0.496 e. The molecule has 2 aliphatic heterocycles. The van der Waals surface area contributed by atoms with Crippen molar-refractivity contribution in [1.82, 2.24) is 15.1 Å². The van der Waals surface area contributed by atoms with Gasteiger partial charge in [0.1, 0.15) is 11.8 Å². The number of likely N-dealkylation sites (tertiary alicyclic amines) is 2. The van der Waals surface area contributed by atoms with Crippen molar-refractivity contribution < 1.29 is 19.1 Å². The smallest absolute Gasteiger partial charge is 0.255 e. The van der Waals surface area contributed by atoms with Crippen molar-refractivity contribution in [2.24, 2.45) is 5.92 Å². The van der Waals surface area contributed by atoms with Crippen molar-refractivity contribution in [2.75, 3.05) is 45.3 Å². The number of rotatable bonds is 8. The second-order valence-corrected chi connectivity index (χ2v) is 9.83. The van der Waals surface area contributed by atoms with Crippen LogP contribution in [0.1, 0.15) is 55.3 Å². The zero-order valence-corrected chi connectivity index (χ0v) is 20.7. The second kappa shape index (κ2) is 12.9. The van der Waals surface area contributed by atoms with Crippen molar-refractivity contribution in [3.8, 4) is 5.75 Å². The van der Waals surface area contributed by atoms with Gasteiger partial charge < -0.3 is 19.9 Å². The molecule has 3 rings (SSSR count). The Kier molecular flexibility index (Phi) is 9.91. The molecule has 0 spiro atoms. The number of nitrogens with one attached hydrogen (secondary N) is 1. The van der Waals surface area contributed by atoms with E-state index in [0.717, 1.165) is 31.7 Å². The Morgan fingerprint density at radius 3 is 2.33 bits per heavy atom. The summed E-state index contributed by atoms with van der Waals surface area (Å²) in [6, 6.07) is 6.43.